The third-order valence-electron chi connectivity index (χ3n) is 2.08. The lowest BCUT2D eigenvalue weighted by molar-refractivity contribution is 0.298. The summed E-state index contributed by atoms with van der Waals surface area (Å²) in [5.41, 5.74) is 0.212. The highest BCUT2D eigenvalue weighted by molar-refractivity contribution is 5.34. The summed E-state index contributed by atoms with van der Waals surface area (Å²) >= 11 is 0. The summed E-state index contributed by atoms with van der Waals surface area (Å²) in [5, 5.41) is 16.0. The SMILES string of the molecule is OCCc1cn(-c2c(F)cccc2F)nn1. The lowest BCUT2D eigenvalue weighted by Gasteiger charge is -2.02. The molecule has 0 radical (unpaired) electrons. The number of halogens is 2. The van der Waals surface area contributed by atoms with Crippen LogP contribution in [0.4, 0.5) is 8.78 Å². The molecule has 84 valence electrons. The monoisotopic (exact) mass is 225 g/mol. The Kier molecular flexibility index (Phi) is 2.91. The van der Waals surface area contributed by atoms with Crippen LogP contribution >= 0.6 is 0 Å². The fourth-order valence-corrected chi connectivity index (χ4v) is 1.34. The molecule has 0 fully saturated rings. The van der Waals surface area contributed by atoms with Crippen LogP contribution in [0.15, 0.2) is 24.4 Å². The summed E-state index contributed by atoms with van der Waals surface area (Å²) in [6.07, 6.45) is 1.69. The first-order chi connectivity index (χ1) is 7.72. The number of hydrogen-bond donors (Lipinski definition) is 1. The van der Waals surface area contributed by atoms with Gasteiger partial charge < -0.3 is 5.11 Å². The van der Waals surface area contributed by atoms with Gasteiger partial charge in [0.2, 0.25) is 0 Å². The van der Waals surface area contributed by atoms with Crippen LogP contribution in [0.3, 0.4) is 0 Å². The second-order valence-electron chi connectivity index (χ2n) is 3.20. The molecule has 0 aliphatic heterocycles. The Morgan fingerprint density at radius 2 is 1.94 bits per heavy atom. The number of aromatic nitrogens is 3. The molecule has 1 heterocycles. The van der Waals surface area contributed by atoms with E-state index in [0.29, 0.717) is 12.1 Å². The Balaban J connectivity index is 2.42. The number of para-hydroxylation sites is 1. The van der Waals surface area contributed by atoms with Gasteiger partial charge in [0.25, 0.3) is 0 Å². The number of aliphatic hydroxyl groups excluding tert-OH is 1. The first-order valence-electron chi connectivity index (χ1n) is 4.69. The van der Waals surface area contributed by atoms with Crippen molar-refractivity contribution in [3.05, 3.63) is 41.7 Å². The zero-order valence-corrected chi connectivity index (χ0v) is 8.27. The molecule has 0 aliphatic carbocycles. The Hall–Kier alpha value is -1.82. The van der Waals surface area contributed by atoms with E-state index in [1.165, 1.54) is 12.3 Å². The number of nitrogens with zero attached hydrogens (tertiary/aromatic N) is 3. The Morgan fingerprint density at radius 1 is 1.25 bits per heavy atom. The van der Waals surface area contributed by atoms with Gasteiger partial charge in [-0.1, -0.05) is 11.3 Å². The first kappa shape index (κ1) is 10.7. The predicted octanol–water partition coefficient (Wildman–Crippen LogP) is 1.08. The third-order valence-corrected chi connectivity index (χ3v) is 2.08. The molecule has 1 N–H and O–H groups in total. The van der Waals surface area contributed by atoms with E-state index in [1.807, 2.05) is 0 Å². The quantitative estimate of drug-likeness (QED) is 0.850. The van der Waals surface area contributed by atoms with Crippen LogP contribution in [0.1, 0.15) is 5.69 Å². The highest BCUT2D eigenvalue weighted by Gasteiger charge is 2.12. The average Bonchev–Trinajstić information content (AvgIpc) is 2.67. The minimum absolute atomic E-state index is 0.0849. The highest BCUT2D eigenvalue weighted by Crippen LogP contribution is 2.16. The van der Waals surface area contributed by atoms with E-state index in [2.05, 4.69) is 10.3 Å². The first-order valence-corrected chi connectivity index (χ1v) is 4.69. The Morgan fingerprint density at radius 3 is 2.56 bits per heavy atom. The van der Waals surface area contributed by atoms with Gasteiger partial charge in [-0.2, -0.15) is 0 Å². The van der Waals surface area contributed by atoms with Crippen molar-refractivity contribution in [3.63, 3.8) is 0 Å². The molecule has 1 aromatic carbocycles. The lowest BCUT2D eigenvalue weighted by Crippen LogP contribution is -2.01. The molecular weight excluding hydrogens is 216 g/mol. The van der Waals surface area contributed by atoms with Gasteiger partial charge in [0.15, 0.2) is 11.6 Å². The van der Waals surface area contributed by atoms with Crippen LogP contribution in [0.5, 0.6) is 0 Å². The molecule has 0 saturated heterocycles. The standard InChI is InChI=1S/C10H9F2N3O/c11-8-2-1-3-9(12)10(8)15-6-7(4-5-16)13-14-15/h1-3,6,16H,4-5H2. The molecular formula is C10H9F2N3O. The summed E-state index contributed by atoms with van der Waals surface area (Å²) in [4.78, 5) is 0. The van der Waals surface area contributed by atoms with E-state index >= 15 is 0 Å². The van der Waals surface area contributed by atoms with Crippen LogP contribution in [-0.4, -0.2) is 26.7 Å². The largest absolute Gasteiger partial charge is 0.396 e. The summed E-state index contributed by atoms with van der Waals surface area (Å²) in [6.45, 7) is -0.0849. The summed E-state index contributed by atoms with van der Waals surface area (Å²) in [6, 6.07) is 3.57. The van der Waals surface area contributed by atoms with Crippen molar-refractivity contribution in [2.75, 3.05) is 6.61 Å². The Bertz CT molecular complexity index is 478. The van der Waals surface area contributed by atoms with E-state index in [1.54, 1.807) is 0 Å². The van der Waals surface area contributed by atoms with E-state index in [4.69, 9.17) is 5.11 Å². The maximum Gasteiger partial charge on any atom is 0.151 e. The lowest BCUT2D eigenvalue weighted by atomic mass is 10.3. The molecule has 0 amide bonds. The van der Waals surface area contributed by atoms with E-state index in [9.17, 15) is 8.78 Å². The van der Waals surface area contributed by atoms with Gasteiger partial charge in [-0.05, 0) is 12.1 Å². The van der Waals surface area contributed by atoms with Gasteiger partial charge in [-0.15, -0.1) is 5.10 Å². The summed E-state index contributed by atoms with van der Waals surface area (Å²) in [7, 11) is 0. The molecule has 0 atom stereocenters. The maximum absolute atomic E-state index is 13.4. The number of hydrogen-bond acceptors (Lipinski definition) is 3. The molecule has 2 rings (SSSR count). The molecule has 0 aliphatic rings. The third kappa shape index (κ3) is 1.92. The van der Waals surface area contributed by atoms with Gasteiger partial charge >= 0.3 is 0 Å². The second kappa shape index (κ2) is 4.36. The molecule has 0 spiro atoms. The molecule has 0 unspecified atom stereocenters. The highest BCUT2D eigenvalue weighted by atomic mass is 19.1. The second-order valence-corrected chi connectivity index (χ2v) is 3.20. The smallest absolute Gasteiger partial charge is 0.151 e. The van der Waals surface area contributed by atoms with Crippen LogP contribution in [0, 0.1) is 11.6 Å². The van der Waals surface area contributed by atoms with Gasteiger partial charge in [0.05, 0.1) is 11.9 Å². The van der Waals surface area contributed by atoms with Crippen molar-refractivity contribution in [2.45, 2.75) is 6.42 Å². The van der Waals surface area contributed by atoms with Crippen molar-refractivity contribution in [2.24, 2.45) is 0 Å². The fourth-order valence-electron chi connectivity index (χ4n) is 1.34. The van der Waals surface area contributed by atoms with Gasteiger partial charge in [-0.25, -0.2) is 13.5 Å². The normalized spacial score (nSPS) is 10.7. The number of benzene rings is 1. The van der Waals surface area contributed by atoms with Crippen LogP contribution < -0.4 is 0 Å². The van der Waals surface area contributed by atoms with Gasteiger partial charge in [-0.3, -0.25) is 0 Å². The minimum atomic E-state index is -0.708. The van der Waals surface area contributed by atoms with E-state index < -0.39 is 11.6 Å². The maximum atomic E-state index is 13.4. The molecule has 4 nitrogen and oxygen atoms in total. The van der Waals surface area contributed by atoms with Gasteiger partial charge in [0, 0.05) is 13.0 Å². The summed E-state index contributed by atoms with van der Waals surface area (Å²) in [5.74, 6) is -1.42. The molecule has 2 aromatic rings. The Labute approximate surface area is 90.1 Å². The van der Waals surface area contributed by atoms with Crippen molar-refractivity contribution in [1.82, 2.24) is 15.0 Å². The summed E-state index contributed by atoms with van der Waals surface area (Å²) < 4.78 is 27.7. The van der Waals surface area contributed by atoms with Crippen LogP contribution in [0.2, 0.25) is 0 Å². The van der Waals surface area contributed by atoms with Gasteiger partial charge in [0.1, 0.15) is 5.69 Å². The molecule has 1 aromatic heterocycles. The average molecular weight is 225 g/mol. The number of aliphatic hydroxyl groups is 1. The fraction of sp³-hybridized carbons (Fsp3) is 0.200. The van der Waals surface area contributed by atoms with Crippen molar-refractivity contribution < 1.29 is 13.9 Å². The van der Waals surface area contributed by atoms with Crippen molar-refractivity contribution >= 4 is 0 Å². The molecule has 0 saturated carbocycles. The van der Waals surface area contributed by atoms with E-state index in [0.717, 1.165) is 16.8 Å². The van der Waals surface area contributed by atoms with E-state index in [-0.39, 0.29) is 12.3 Å². The van der Waals surface area contributed by atoms with Crippen molar-refractivity contribution in [1.29, 1.82) is 0 Å². The molecule has 16 heavy (non-hydrogen) atoms. The van der Waals surface area contributed by atoms with Crippen LogP contribution in [-0.2, 0) is 6.42 Å². The predicted molar refractivity (Wildman–Crippen MR) is 52.1 cm³/mol. The zero-order valence-electron chi connectivity index (χ0n) is 8.27. The van der Waals surface area contributed by atoms with Crippen molar-refractivity contribution in [3.8, 4) is 5.69 Å². The topological polar surface area (TPSA) is 50.9 Å². The van der Waals surface area contributed by atoms with Crippen LogP contribution in [0.25, 0.3) is 5.69 Å². The number of rotatable bonds is 3. The molecule has 6 heteroatoms. The zero-order chi connectivity index (χ0) is 11.5. The minimum Gasteiger partial charge on any atom is -0.396 e. The molecule has 0 bridgehead atoms.